The molecular formula is C9H17ClF2N2O. The summed E-state index contributed by atoms with van der Waals surface area (Å²) in [6.45, 7) is 2.55. The van der Waals surface area contributed by atoms with E-state index in [0.717, 1.165) is 12.8 Å². The molecule has 1 heterocycles. The number of hydrogen-bond acceptors (Lipinski definition) is 2. The summed E-state index contributed by atoms with van der Waals surface area (Å²) in [5.74, 6) is -0.182. The van der Waals surface area contributed by atoms with Crippen molar-refractivity contribution in [3.63, 3.8) is 0 Å². The molecule has 0 aromatic heterocycles. The maximum absolute atomic E-state index is 12.1. The Hall–Kier alpha value is -0.420. The predicted molar refractivity (Wildman–Crippen MR) is 56.5 cm³/mol. The number of alkyl halides is 2. The van der Waals surface area contributed by atoms with Gasteiger partial charge in [-0.2, -0.15) is 0 Å². The molecule has 0 aromatic rings. The molecule has 0 aliphatic carbocycles. The van der Waals surface area contributed by atoms with Crippen molar-refractivity contribution in [3.05, 3.63) is 0 Å². The summed E-state index contributed by atoms with van der Waals surface area (Å²) >= 11 is 0. The molecular weight excluding hydrogens is 226 g/mol. The second kappa shape index (κ2) is 6.95. The average Bonchev–Trinajstić information content (AvgIpc) is 2.11. The molecule has 0 saturated carbocycles. The average molecular weight is 243 g/mol. The Labute approximate surface area is 94.6 Å². The molecule has 90 valence electrons. The van der Waals surface area contributed by atoms with E-state index < -0.39 is 13.0 Å². The van der Waals surface area contributed by atoms with E-state index in [4.69, 9.17) is 0 Å². The van der Waals surface area contributed by atoms with Gasteiger partial charge in [0.1, 0.15) is 0 Å². The lowest BCUT2D eigenvalue weighted by Crippen LogP contribution is -2.55. The largest absolute Gasteiger partial charge is 0.334 e. The molecule has 0 radical (unpaired) electrons. The van der Waals surface area contributed by atoms with Crippen molar-refractivity contribution in [3.8, 4) is 0 Å². The van der Waals surface area contributed by atoms with E-state index in [9.17, 15) is 13.6 Å². The first-order chi connectivity index (χ1) is 6.65. The van der Waals surface area contributed by atoms with Crippen LogP contribution in [-0.2, 0) is 4.79 Å². The van der Waals surface area contributed by atoms with Gasteiger partial charge in [0.2, 0.25) is 5.91 Å². The summed E-state index contributed by atoms with van der Waals surface area (Å²) in [6.07, 6.45) is -0.829. The van der Waals surface area contributed by atoms with E-state index in [1.54, 1.807) is 0 Å². The summed E-state index contributed by atoms with van der Waals surface area (Å²) in [6, 6.07) is -0.257. The molecule has 0 spiro atoms. The highest BCUT2D eigenvalue weighted by molar-refractivity contribution is 5.85. The number of amides is 1. The van der Waals surface area contributed by atoms with E-state index in [-0.39, 0.29) is 24.4 Å². The Morgan fingerprint density at radius 3 is 2.80 bits per heavy atom. The van der Waals surface area contributed by atoms with Crippen LogP contribution < -0.4 is 5.32 Å². The quantitative estimate of drug-likeness (QED) is 0.806. The number of carbonyl (C=O) groups excluding carboxylic acids is 1. The fourth-order valence-electron chi connectivity index (χ4n) is 1.65. The maximum Gasteiger partial charge on any atom is 0.255 e. The van der Waals surface area contributed by atoms with Gasteiger partial charge in [0, 0.05) is 13.1 Å². The van der Waals surface area contributed by atoms with Gasteiger partial charge in [-0.05, 0) is 6.42 Å². The van der Waals surface area contributed by atoms with Gasteiger partial charge in [0.25, 0.3) is 6.43 Å². The van der Waals surface area contributed by atoms with E-state index in [2.05, 4.69) is 5.32 Å². The number of carbonyl (C=O) groups is 1. The van der Waals surface area contributed by atoms with Crippen LogP contribution in [0.1, 0.15) is 19.8 Å². The van der Waals surface area contributed by atoms with Crippen molar-refractivity contribution >= 4 is 18.3 Å². The Bertz CT molecular complexity index is 203. The summed E-state index contributed by atoms with van der Waals surface area (Å²) in [7, 11) is 0. The molecule has 1 unspecified atom stereocenters. The first-order valence-corrected chi connectivity index (χ1v) is 4.95. The van der Waals surface area contributed by atoms with Gasteiger partial charge in [-0.25, -0.2) is 8.78 Å². The van der Waals surface area contributed by atoms with Gasteiger partial charge in [0.15, 0.2) is 0 Å². The van der Waals surface area contributed by atoms with Gasteiger partial charge in [-0.1, -0.05) is 13.3 Å². The lowest BCUT2D eigenvalue weighted by atomic mass is 10.1. The van der Waals surface area contributed by atoms with Crippen LogP contribution in [0.3, 0.4) is 0 Å². The van der Waals surface area contributed by atoms with Crippen LogP contribution in [0.5, 0.6) is 0 Å². The van der Waals surface area contributed by atoms with Crippen molar-refractivity contribution in [1.29, 1.82) is 0 Å². The SMILES string of the molecule is CCCC1NCCN(CC(F)F)C1=O.Cl. The van der Waals surface area contributed by atoms with Crippen LogP contribution in [0.25, 0.3) is 0 Å². The number of piperazine rings is 1. The zero-order chi connectivity index (χ0) is 10.6. The second-order valence-electron chi connectivity index (χ2n) is 3.47. The number of hydrogen-bond donors (Lipinski definition) is 1. The minimum Gasteiger partial charge on any atom is -0.334 e. The van der Waals surface area contributed by atoms with Crippen LogP contribution in [0, 0.1) is 0 Å². The minimum absolute atomic E-state index is 0. The van der Waals surface area contributed by atoms with Crippen LogP contribution >= 0.6 is 12.4 Å². The van der Waals surface area contributed by atoms with Crippen LogP contribution in [-0.4, -0.2) is 42.9 Å². The molecule has 0 bridgehead atoms. The zero-order valence-electron chi connectivity index (χ0n) is 8.71. The molecule has 1 rings (SSSR count). The van der Waals surface area contributed by atoms with E-state index in [1.165, 1.54) is 4.90 Å². The summed E-state index contributed by atoms with van der Waals surface area (Å²) < 4.78 is 24.2. The smallest absolute Gasteiger partial charge is 0.255 e. The van der Waals surface area contributed by atoms with Crippen molar-refractivity contribution in [1.82, 2.24) is 10.2 Å². The fraction of sp³-hybridized carbons (Fsp3) is 0.889. The summed E-state index contributed by atoms with van der Waals surface area (Å²) in [5.41, 5.74) is 0. The first kappa shape index (κ1) is 14.6. The summed E-state index contributed by atoms with van der Waals surface area (Å²) in [5, 5.41) is 3.04. The van der Waals surface area contributed by atoms with Crippen molar-refractivity contribution in [2.24, 2.45) is 0 Å². The molecule has 1 aliphatic heterocycles. The highest BCUT2D eigenvalue weighted by atomic mass is 35.5. The molecule has 3 nitrogen and oxygen atoms in total. The zero-order valence-corrected chi connectivity index (χ0v) is 9.53. The first-order valence-electron chi connectivity index (χ1n) is 4.95. The van der Waals surface area contributed by atoms with Crippen molar-refractivity contribution in [2.45, 2.75) is 32.2 Å². The van der Waals surface area contributed by atoms with Gasteiger partial charge in [-0.15, -0.1) is 12.4 Å². The van der Waals surface area contributed by atoms with Crippen molar-refractivity contribution < 1.29 is 13.6 Å². The molecule has 0 aromatic carbocycles. The lowest BCUT2D eigenvalue weighted by Gasteiger charge is -2.32. The number of halogens is 3. The molecule has 15 heavy (non-hydrogen) atoms. The van der Waals surface area contributed by atoms with E-state index in [0.29, 0.717) is 13.1 Å². The van der Waals surface area contributed by atoms with Gasteiger partial charge in [0.05, 0.1) is 12.6 Å². The molecule has 1 amide bonds. The third-order valence-corrected chi connectivity index (χ3v) is 2.32. The number of nitrogens with one attached hydrogen (secondary N) is 1. The third-order valence-electron chi connectivity index (χ3n) is 2.32. The monoisotopic (exact) mass is 242 g/mol. The maximum atomic E-state index is 12.1. The third kappa shape index (κ3) is 4.30. The van der Waals surface area contributed by atoms with Crippen LogP contribution in [0.2, 0.25) is 0 Å². The number of nitrogens with zero attached hydrogens (tertiary/aromatic N) is 1. The Kier molecular flexibility index (Phi) is 6.76. The van der Waals surface area contributed by atoms with Crippen LogP contribution in [0.4, 0.5) is 8.78 Å². The normalized spacial score (nSPS) is 21.7. The second-order valence-corrected chi connectivity index (χ2v) is 3.47. The molecule has 1 fully saturated rings. The number of rotatable bonds is 4. The van der Waals surface area contributed by atoms with Crippen molar-refractivity contribution in [2.75, 3.05) is 19.6 Å². The summed E-state index contributed by atoms with van der Waals surface area (Å²) in [4.78, 5) is 12.8. The van der Waals surface area contributed by atoms with E-state index >= 15 is 0 Å². The molecule has 6 heteroatoms. The molecule has 1 atom stereocenters. The minimum atomic E-state index is -2.43. The van der Waals surface area contributed by atoms with Gasteiger partial charge >= 0.3 is 0 Å². The highest BCUT2D eigenvalue weighted by Gasteiger charge is 2.28. The Balaban J connectivity index is 0.00000196. The lowest BCUT2D eigenvalue weighted by molar-refractivity contribution is -0.137. The topological polar surface area (TPSA) is 32.3 Å². The highest BCUT2D eigenvalue weighted by Crippen LogP contribution is 2.08. The Morgan fingerprint density at radius 1 is 1.60 bits per heavy atom. The van der Waals surface area contributed by atoms with Gasteiger partial charge < -0.3 is 10.2 Å². The molecule has 1 N–H and O–H groups in total. The fourth-order valence-corrected chi connectivity index (χ4v) is 1.65. The van der Waals surface area contributed by atoms with Crippen LogP contribution in [0.15, 0.2) is 0 Å². The molecule has 1 saturated heterocycles. The Morgan fingerprint density at radius 2 is 2.27 bits per heavy atom. The standard InChI is InChI=1S/C9H16F2N2O.ClH/c1-2-3-7-9(14)13(5-4-12-7)6-8(10)11;/h7-8,12H,2-6H2,1H3;1H. The molecule has 1 aliphatic rings. The predicted octanol–water partition coefficient (Wildman–Crippen LogP) is 1.27. The van der Waals surface area contributed by atoms with E-state index in [1.807, 2.05) is 6.92 Å². The van der Waals surface area contributed by atoms with Gasteiger partial charge in [-0.3, -0.25) is 4.79 Å².